The molecule has 0 spiro atoms. The van der Waals surface area contributed by atoms with Gasteiger partial charge < -0.3 is 16.2 Å². The summed E-state index contributed by atoms with van der Waals surface area (Å²) in [5.41, 5.74) is 14.2. The number of benzene rings is 1. The molecule has 0 saturated carbocycles. The quantitative estimate of drug-likeness (QED) is 0.874. The van der Waals surface area contributed by atoms with E-state index >= 15 is 0 Å². The molecule has 1 aromatic heterocycles. The van der Waals surface area contributed by atoms with Crippen molar-refractivity contribution in [3.05, 3.63) is 41.5 Å². The fourth-order valence-corrected chi connectivity index (χ4v) is 1.87. The lowest BCUT2D eigenvalue weighted by Gasteiger charge is -2.20. The minimum absolute atomic E-state index is 0.118. The van der Waals surface area contributed by atoms with E-state index in [1.807, 2.05) is 13.0 Å². The maximum atomic E-state index is 5.77. The molecule has 0 fully saturated rings. The van der Waals surface area contributed by atoms with Gasteiger partial charge in [0.05, 0.1) is 5.69 Å². The van der Waals surface area contributed by atoms with E-state index in [0.717, 1.165) is 11.3 Å². The summed E-state index contributed by atoms with van der Waals surface area (Å²) in [5.74, 6) is 1.50. The van der Waals surface area contributed by atoms with E-state index in [0.29, 0.717) is 11.6 Å². The Labute approximate surface area is 119 Å². The molecule has 0 aliphatic heterocycles. The van der Waals surface area contributed by atoms with E-state index in [2.05, 4.69) is 37.9 Å². The van der Waals surface area contributed by atoms with E-state index < -0.39 is 0 Å². The average Bonchev–Trinajstić information content (AvgIpc) is 2.35. The molecule has 0 amide bonds. The maximum absolute atomic E-state index is 5.77. The zero-order valence-corrected chi connectivity index (χ0v) is 12.4. The molecule has 0 aliphatic carbocycles. The van der Waals surface area contributed by atoms with Gasteiger partial charge in [-0.2, -0.15) is 4.98 Å². The molecule has 4 nitrogen and oxygen atoms in total. The number of ether oxygens (including phenoxy) is 1. The topological polar surface area (TPSA) is 74.2 Å². The molecule has 20 heavy (non-hydrogen) atoms. The number of rotatable bonds is 2. The van der Waals surface area contributed by atoms with Crippen molar-refractivity contribution in [2.24, 2.45) is 0 Å². The highest BCUT2D eigenvalue weighted by Crippen LogP contribution is 2.30. The molecule has 2 rings (SSSR count). The van der Waals surface area contributed by atoms with Crippen molar-refractivity contribution < 1.29 is 4.74 Å². The van der Waals surface area contributed by atoms with Crippen LogP contribution in [0.5, 0.6) is 11.6 Å². The van der Waals surface area contributed by atoms with E-state index in [-0.39, 0.29) is 11.2 Å². The summed E-state index contributed by atoms with van der Waals surface area (Å²) >= 11 is 0. The van der Waals surface area contributed by atoms with Gasteiger partial charge >= 0.3 is 0 Å². The van der Waals surface area contributed by atoms with Crippen molar-refractivity contribution in [2.75, 3.05) is 11.5 Å². The first-order valence-corrected chi connectivity index (χ1v) is 6.58. The summed E-state index contributed by atoms with van der Waals surface area (Å²) in [5, 5.41) is 0. The lowest BCUT2D eigenvalue weighted by Crippen LogP contribution is -2.11. The second kappa shape index (κ2) is 5.04. The Kier molecular flexibility index (Phi) is 3.57. The van der Waals surface area contributed by atoms with Crippen LogP contribution in [0.1, 0.15) is 31.9 Å². The lowest BCUT2D eigenvalue weighted by atomic mass is 9.86. The normalized spacial score (nSPS) is 11.4. The van der Waals surface area contributed by atoms with Gasteiger partial charge in [-0.05, 0) is 35.6 Å². The van der Waals surface area contributed by atoms with Crippen molar-refractivity contribution >= 4 is 11.5 Å². The Morgan fingerprint density at radius 1 is 1.05 bits per heavy atom. The van der Waals surface area contributed by atoms with E-state index in [1.54, 1.807) is 12.1 Å². The highest BCUT2D eigenvalue weighted by atomic mass is 16.5. The molecule has 0 atom stereocenters. The Balaban J connectivity index is 2.28. The Morgan fingerprint density at radius 2 is 1.75 bits per heavy atom. The van der Waals surface area contributed by atoms with E-state index in [9.17, 15) is 0 Å². The summed E-state index contributed by atoms with van der Waals surface area (Å²) in [6.45, 7) is 8.57. The first-order valence-electron chi connectivity index (χ1n) is 6.58. The predicted molar refractivity (Wildman–Crippen MR) is 83.0 cm³/mol. The number of hydrogen-bond acceptors (Lipinski definition) is 4. The summed E-state index contributed by atoms with van der Waals surface area (Å²) in [4.78, 5) is 4.11. The number of hydrogen-bond donors (Lipinski definition) is 2. The van der Waals surface area contributed by atoms with Crippen LogP contribution in [0.4, 0.5) is 11.5 Å². The molecule has 0 radical (unpaired) electrons. The van der Waals surface area contributed by atoms with Crippen LogP contribution in [-0.2, 0) is 5.41 Å². The number of nitrogens with two attached hydrogens (primary N) is 2. The molecule has 106 valence electrons. The van der Waals surface area contributed by atoms with Gasteiger partial charge in [0.1, 0.15) is 5.75 Å². The molecule has 0 unspecified atom stereocenters. The van der Waals surface area contributed by atoms with Crippen LogP contribution >= 0.6 is 0 Å². The molecule has 1 aromatic carbocycles. The van der Waals surface area contributed by atoms with Crippen molar-refractivity contribution in [2.45, 2.75) is 33.1 Å². The highest BCUT2D eigenvalue weighted by molar-refractivity contribution is 5.59. The lowest BCUT2D eigenvalue weighted by molar-refractivity contribution is 0.459. The van der Waals surface area contributed by atoms with Gasteiger partial charge in [-0.15, -0.1) is 0 Å². The summed E-state index contributed by atoms with van der Waals surface area (Å²) in [6, 6.07) is 9.57. The molecule has 0 bridgehead atoms. The van der Waals surface area contributed by atoms with E-state index in [1.165, 1.54) is 5.56 Å². The van der Waals surface area contributed by atoms with Crippen LogP contribution in [0.15, 0.2) is 30.3 Å². The summed E-state index contributed by atoms with van der Waals surface area (Å²) in [7, 11) is 0. The molecule has 1 heterocycles. The molecular formula is C16H21N3O. The Hall–Kier alpha value is -2.23. The minimum atomic E-state index is 0.118. The zero-order chi connectivity index (χ0) is 14.9. The number of anilines is 2. The van der Waals surface area contributed by atoms with Crippen molar-refractivity contribution in [3.8, 4) is 11.6 Å². The smallest absolute Gasteiger partial charge is 0.221 e. The molecule has 0 saturated heterocycles. The summed E-state index contributed by atoms with van der Waals surface area (Å²) in [6.07, 6.45) is 0. The van der Waals surface area contributed by atoms with Gasteiger partial charge in [0, 0.05) is 6.07 Å². The maximum Gasteiger partial charge on any atom is 0.221 e. The number of nitrogen functional groups attached to an aromatic ring is 2. The average molecular weight is 271 g/mol. The van der Waals surface area contributed by atoms with Crippen LogP contribution in [0.25, 0.3) is 0 Å². The largest absolute Gasteiger partial charge is 0.439 e. The van der Waals surface area contributed by atoms with Gasteiger partial charge in [0.15, 0.2) is 5.82 Å². The first kappa shape index (κ1) is 14.2. The van der Waals surface area contributed by atoms with Crippen molar-refractivity contribution in [3.63, 3.8) is 0 Å². The molecule has 2 aromatic rings. The molecular weight excluding hydrogens is 250 g/mol. The second-order valence-corrected chi connectivity index (χ2v) is 5.96. The van der Waals surface area contributed by atoms with Crippen molar-refractivity contribution in [1.82, 2.24) is 4.98 Å². The van der Waals surface area contributed by atoms with Crippen LogP contribution in [0, 0.1) is 6.92 Å². The monoisotopic (exact) mass is 271 g/mol. The van der Waals surface area contributed by atoms with Gasteiger partial charge in [-0.25, -0.2) is 0 Å². The minimum Gasteiger partial charge on any atom is -0.439 e. The molecule has 0 aliphatic rings. The van der Waals surface area contributed by atoms with Crippen LogP contribution < -0.4 is 16.2 Å². The van der Waals surface area contributed by atoms with E-state index in [4.69, 9.17) is 16.2 Å². The molecule has 4 heteroatoms. The van der Waals surface area contributed by atoms with Gasteiger partial charge in [-0.3, -0.25) is 0 Å². The SMILES string of the molecule is Cc1cc(C(C)(C)C)ccc1Oc1ccc(N)c(N)n1. The van der Waals surface area contributed by atoms with Crippen LogP contribution in [0.3, 0.4) is 0 Å². The Bertz CT molecular complexity index is 630. The summed E-state index contributed by atoms with van der Waals surface area (Å²) < 4.78 is 5.77. The van der Waals surface area contributed by atoms with Gasteiger partial charge in [0.2, 0.25) is 5.88 Å². The predicted octanol–water partition coefficient (Wildman–Crippen LogP) is 3.64. The second-order valence-electron chi connectivity index (χ2n) is 5.96. The standard InChI is InChI=1S/C16H21N3O/c1-10-9-11(16(2,3)4)5-7-13(10)20-14-8-6-12(17)15(18)19-14/h5-9H,17H2,1-4H3,(H2,18,19). The van der Waals surface area contributed by atoms with Crippen LogP contribution in [0.2, 0.25) is 0 Å². The third-order valence-electron chi connectivity index (χ3n) is 3.19. The molecule has 4 N–H and O–H groups in total. The number of pyridine rings is 1. The third-order valence-corrected chi connectivity index (χ3v) is 3.19. The zero-order valence-electron chi connectivity index (χ0n) is 12.4. The fraction of sp³-hybridized carbons (Fsp3) is 0.312. The Morgan fingerprint density at radius 3 is 2.30 bits per heavy atom. The first-order chi connectivity index (χ1) is 9.27. The number of aryl methyl sites for hydroxylation is 1. The van der Waals surface area contributed by atoms with Gasteiger partial charge in [0.25, 0.3) is 0 Å². The van der Waals surface area contributed by atoms with Crippen LogP contribution in [-0.4, -0.2) is 4.98 Å². The third kappa shape index (κ3) is 3.02. The van der Waals surface area contributed by atoms with Crippen molar-refractivity contribution in [1.29, 1.82) is 0 Å². The number of nitrogens with zero attached hydrogens (tertiary/aromatic N) is 1. The fourth-order valence-electron chi connectivity index (χ4n) is 1.87. The number of aromatic nitrogens is 1. The van der Waals surface area contributed by atoms with Gasteiger partial charge in [-0.1, -0.05) is 32.9 Å². The highest BCUT2D eigenvalue weighted by Gasteiger charge is 2.15.